The molecule has 3 rings (SSSR count). The fourth-order valence-corrected chi connectivity index (χ4v) is 3.97. The Morgan fingerprint density at radius 2 is 2.05 bits per heavy atom. The summed E-state index contributed by atoms with van der Waals surface area (Å²) in [5.74, 6) is 1.91. The minimum absolute atomic E-state index is 0.399. The first kappa shape index (κ1) is 13.4. The SMILES string of the molecule is OC1(c2nc(CSC3CCCC3)no2)CCNCC1. The van der Waals surface area contributed by atoms with Gasteiger partial charge in [0.2, 0.25) is 0 Å². The first-order chi connectivity index (χ1) is 9.26. The predicted molar refractivity (Wildman–Crippen MR) is 73.8 cm³/mol. The maximum atomic E-state index is 10.5. The summed E-state index contributed by atoms with van der Waals surface area (Å²) in [7, 11) is 0. The second-order valence-corrected chi connectivity index (χ2v) is 6.80. The monoisotopic (exact) mass is 283 g/mol. The van der Waals surface area contributed by atoms with E-state index < -0.39 is 5.60 Å². The molecule has 106 valence electrons. The van der Waals surface area contributed by atoms with E-state index in [4.69, 9.17) is 4.52 Å². The topological polar surface area (TPSA) is 71.2 Å². The lowest BCUT2D eigenvalue weighted by atomic mass is 9.92. The lowest BCUT2D eigenvalue weighted by Gasteiger charge is -2.28. The van der Waals surface area contributed by atoms with Gasteiger partial charge in [0.15, 0.2) is 5.82 Å². The molecule has 1 aromatic rings. The number of nitrogens with zero attached hydrogens (tertiary/aromatic N) is 2. The molecule has 0 radical (unpaired) electrons. The second kappa shape index (κ2) is 5.81. The third kappa shape index (κ3) is 3.12. The van der Waals surface area contributed by atoms with Gasteiger partial charge >= 0.3 is 0 Å². The van der Waals surface area contributed by atoms with Gasteiger partial charge in [-0.15, -0.1) is 0 Å². The van der Waals surface area contributed by atoms with Crippen molar-refractivity contribution in [3.8, 4) is 0 Å². The first-order valence-electron chi connectivity index (χ1n) is 7.14. The molecule has 1 aromatic heterocycles. The predicted octanol–water partition coefficient (Wildman–Crippen LogP) is 1.82. The van der Waals surface area contributed by atoms with E-state index in [2.05, 4.69) is 15.5 Å². The minimum Gasteiger partial charge on any atom is -0.380 e. The maximum Gasteiger partial charge on any atom is 0.258 e. The van der Waals surface area contributed by atoms with Crippen LogP contribution >= 0.6 is 11.8 Å². The van der Waals surface area contributed by atoms with Gasteiger partial charge in [0, 0.05) is 5.25 Å². The van der Waals surface area contributed by atoms with E-state index in [1.165, 1.54) is 25.7 Å². The molecule has 19 heavy (non-hydrogen) atoms. The van der Waals surface area contributed by atoms with Gasteiger partial charge in [-0.05, 0) is 38.8 Å². The van der Waals surface area contributed by atoms with Crippen LogP contribution in [0.3, 0.4) is 0 Å². The minimum atomic E-state index is -0.922. The Hall–Kier alpha value is -0.590. The van der Waals surface area contributed by atoms with Crippen molar-refractivity contribution in [2.45, 2.75) is 55.1 Å². The molecule has 0 unspecified atom stereocenters. The summed E-state index contributed by atoms with van der Waals surface area (Å²) in [4.78, 5) is 4.39. The zero-order valence-electron chi connectivity index (χ0n) is 11.1. The first-order valence-corrected chi connectivity index (χ1v) is 8.19. The quantitative estimate of drug-likeness (QED) is 0.878. The molecule has 2 N–H and O–H groups in total. The Morgan fingerprint density at radius 3 is 2.79 bits per heavy atom. The average Bonchev–Trinajstić information content (AvgIpc) is 3.09. The third-order valence-electron chi connectivity index (χ3n) is 4.05. The molecule has 5 nitrogen and oxygen atoms in total. The van der Waals surface area contributed by atoms with Crippen molar-refractivity contribution in [1.82, 2.24) is 15.5 Å². The average molecular weight is 283 g/mol. The van der Waals surface area contributed by atoms with Crippen LogP contribution in [0.4, 0.5) is 0 Å². The fourth-order valence-electron chi connectivity index (χ4n) is 2.80. The number of nitrogens with one attached hydrogen (secondary N) is 1. The van der Waals surface area contributed by atoms with E-state index in [9.17, 15) is 5.11 Å². The van der Waals surface area contributed by atoms with Gasteiger partial charge in [0.25, 0.3) is 5.89 Å². The summed E-state index contributed by atoms with van der Waals surface area (Å²) in [5.41, 5.74) is -0.922. The van der Waals surface area contributed by atoms with Crippen LogP contribution < -0.4 is 5.32 Å². The Labute approximate surface area is 117 Å². The van der Waals surface area contributed by atoms with Gasteiger partial charge in [-0.2, -0.15) is 16.7 Å². The highest BCUT2D eigenvalue weighted by molar-refractivity contribution is 7.99. The lowest BCUT2D eigenvalue weighted by Crippen LogP contribution is -2.39. The number of thioether (sulfide) groups is 1. The smallest absolute Gasteiger partial charge is 0.258 e. The number of rotatable bonds is 4. The summed E-state index contributed by atoms with van der Waals surface area (Å²) in [6, 6.07) is 0. The molecule has 1 aliphatic carbocycles. The zero-order valence-corrected chi connectivity index (χ0v) is 11.9. The number of piperidine rings is 1. The highest BCUT2D eigenvalue weighted by Gasteiger charge is 2.36. The summed E-state index contributed by atoms with van der Waals surface area (Å²) in [6.07, 6.45) is 6.61. The molecule has 1 saturated heterocycles. The van der Waals surface area contributed by atoms with Gasteiger partial charge < -0.3 is 14.9 Å². The number of aromatic nitrogens is 2. The van der Waals surface area contributed by atoms with E-state index in [0.717, 1.165) is 29.9 Å². The van der Waals surface area contributed by atoms with Crippen molar-refractivity contribution in [3.63, 3.8) is 0 Å². The van der Waals surface area contributed by atoms with Crippen molar-refractivity contribution in [2.24, 2.45) is 0 Å². The van der Waals surface area contributed by atoms with Crippen LogP contribution in [0.5, 0.6) is 0 Å². The van der Waals surface area contributed by atoms with Crippen LogP contribution in [0.2, 0.25) is 0 Å². The normalized spacial score (nSPS) is 23.8. The van der Waals surface area contributed by atoms with Crippen molar-refractivity contribution in [1.29, 1.82) is 0 Å². The zero-order chi connectivity index (χ0) is 13.1. The van der Waals surface area contributed by atoms with Crippen LogP contribution in [-0.2, 0) is 11.4 Å². The molecule has 1 aliphatic heterocycles. The molecule has 0 bridgehead atoms. The highest BCUT2D eigenvalue weighted by atomic mass is 32.2. The number of hydrogen-bond acceptors (Lipinski definition) is 6. The van der Waals surface area contributed by atoms with E-state index in [-0.39, 0.29) is 0 Å². The van der Waals surface area contributed by atoms with Gasteiger partial charge in [0.1, 0.15) is 5.60 Å². The van der Waals surface area contributed by atoms with Crippen LogP contribution in [-0.4, -0.2) is 33.6 Å². The highest BCUT2D eigenvalue weighted by Crippen LogP contribution is 2.32. The van der Waals surface area contributed by atoms with E-state index in [0.29, 0.717) is 18.7 Å². The van der Waals surface area contributed by atoms with Gasteiger partial charge in [0.05, 0.1) is 5.75 Å². The molecule has 2 aliphatic rings. The van der Waals surface area contributed by atoms with E-state index >= 15 is 0 Å². The number of hydrogen-bond donors (Lipinski definition) is 2. The maximum absolute atomic E-state index is 10.5. The molecular formula is C13H21N3O2S. The van der Waals surface area contributed by atoms with Crippen molar-refractivity contribution >= 4 is 11.8 Å². The molecule has 2 heterocycles. The fraction of sp³-hybridized carbons (Fsp3) is 0.846. The van der Waals surface area contributed by atoms with Gasteiger partial charge in [-0.3, -0.25) is 0 Å². The summed E-state index contributed by atoms with van der Waals surface area (Å²) in [6.45, 7) is 1.59. The molecular weight excluding hydrogens is 262 g/mol. The van der Waals surface area contributed by atoms with E-state index in [1.807, 2.05) is 11.8 Å². The standard InChI is InChI=1S/C13H21N3O2S/c17-13(5-7-14-8-6-13)12-15-11(16-18-12)9-19-10-3-1-2-4-10/h10,14,17H,1-9H2. The van der Waals surface area contributed by atoms with Gasteiger partial charge in [-0.25, -0.2) is 0 Å². The van der Waals surface area contributed by atoms with Crippen LogP contribution in [0.25, 0.3) is 0 Å². The Bertz CT molecular complexity index is 412. The largest absolute Gasteiger partial charge is 0.380 e. The van der Waals surface area contributed by atoms with E-state index in [1.54, 1.807) is 0 Å². The molecule has 2 fully saturated rings. The van der Waals surface area contributed by atoms with Crippen LogP contribution in [0.15, 0.2) is 4.52 Å². The summed E-state index contributed by atoms with van der Waals surface area (Å²) in [5, 5.41) is 18.5. The molecule has 0 spiro atoms. The Balaban J connectivity index is 1.59. The lowest BCUT2D eigenvalue weighted by molar-refractivity contribution is -0.0228. The number of aliphatic hydroxyl groups is 1. The van der Waals surface area contributed by atoms with Crippen molar-refractivity contribution < 1.29 is 9.63 Å². The molecule has 6 heteroatoms. The molecule has 0 amide bonds. The third-order valence-corrected chi connectivity index (χ3v) is 5.41. The Morgan fingerprint density at radius 1 is 1.32 bits per heavy atom. The molecule has 0 atom stereocenters. The summed E-state index contributed by atoms with van der Waals surface area (Å²) >= 11 is 1.92. The second-order valence-electron chi connectivity index (χ2n) is 5.51. The van der Waals surface area contributed by atoms with Crippen molar-refractivity contribution in [2.75, 3.05) is 13.1 Å². The molecule has 0 aromatic carbocycles. The van der Waals surface area contributed by atoms with Crippen LogP contribution in [0.1, 0.15) is 50.2 Å². The summed E-state index contributed by atoms with van der Waals surface area (Å²) < 4.78 is 5.27. The van der Waals surface area contributed by atoms with Crippen molar-refractivity contribution in [3.05, 3.63) is 11.7 Å². The van der Waals surface area contributed by atoms with Gasteiger partial charge in [-0.1, -0.05) is 18.0 Å². The molecule has 1 saturated carbocycles. The Kier molecular flexibility index (Phi) is 4.10. The van der Waals surface area contributed by atoms with Crippen LogP contribution in [0, 0.1) is 0 Å².